The number of benzene rings is 2. The highest BCUT2D eigenvalue weighted by atomic mass is 19.1. The highest BCUT2D eigenvalue weighted by Crippen LogP contribution is 2.33. The summed E-state index contributed by atoms with van der Waals surface area (Å²) in [5.41, 5.74) is 2.72. The molecule has 3 aromatic rings. The minimum atomic E-state index is -0.318. The fraction of sp³-hybridized carbons (Fsp3) is 0.200. The van der Waals surface area contributed by atoms with Gasteiger partial charge in [-0.05, 0) is 30.6 Å². The van der Waals surface area contributed by atoms with Crippen molar-refractivity contribution in [2.75, 3.05) is 12.0 Å². The van der Waals surface area contributed by atoms with Crippen LogP contribution in [0.15, 0.2) is 48.7 Å². The van der Waals surface area contributed by atoms with Crippen LogP contribution in [0.25, 0.3) is 11.3 Å². The van der Waals surface area contributed by atoms with Gasteiger partial charge in [-0.2, -0.15) is 0 Å². The van der Waals surface area contributed by atoms with Gasteiger partial charge in [0, 0.05) is 17.3 Å². The second-order valence-corrected chi connectivity index (χ2v) is 6.44. The fourth-order valence-electron chi connectivity index (χ4n) is 3.47. The molecule has 2 aromatic carbocycles. The summed E-state index contributed by atoms with van der Waals surface area (Å²) in [6, 6.07) is 12.5. The van der Waals surface area contributed by atoms with Gasteiger partial charge < -0.3 is 14.2 Å². The van der Waals surface area contributed by atoms with E-state index in [1.807, 2.05) is 35.0 Å². The van der Waals surface area contributed by atoms with Crippen molar-refractivity contribution in [2.24, 2.45) is 0 Å². The molecule has 0 fully saturated rings. The van der Waals surface area contributed by atoms with E-state index in [9.17, 15) is 9.18 Å². The number of imidazole rings is 1. The number of methoxy groups -OCH3 is 1. The van der Waals surface area contributed by atoms with Crippen molar-refractivity contribution >= 4 is 19.4 Å². The van der Waals surface area contributed by atoms with Gasteiger partial charge in [0.25, 0.3) is 0 Å². The molecule has 7 heteroatoms. The monoisotopic (exact) mass is 363 g/mol. The molecule has 0 N–H and O–H groups in total. The molecule has 0 radical (unpaired) electrons. The van der Waals surface area contributed by atoms with E-state index in [2.05, 4.69) is 0 Å². The number of ether oxygens (including phenoxy) is 1. The number of rotatable bonds is 3. The average Bonchev–Trinajstić information content (AvgIpc) is 3.02. The molecule has 0 saturated carbocycles. The van der Waals surface area contributed by atoms with Crippen LogP contribution in [0.4, 0.5) is 10.1 Å². The lowest BCUT2D eigenvalue weighted by atomic mass is 10.0. The summed E-state index contributed by atoms with van der Waals surface area (Å²) in [6.07, 6.45) is 2.24. The smallest absolute Gasteiger partial charge is 0.219 e. The molecule has 0 atom stereocenters. The maximum absolute atomic E-state index is 14.5. The number of aromatic nitrogens is 2. The Morgan fingerprint density at radius 2 is 2.04 bits per heavy atom. The maximum atomic E-state index is 14.5. The molecule has 136 valence electrons. The van der Waals surface area contributed by atoms with Gasteiger partial charge in [-0.15, -0.1) is 0 Å². The second kappa shape index (κ2) is 6.91. The first-order valence-corrected chi connectivity index (χ1v) is 8.89. The highest BCUT2D eigenvalue weighted by molar-refractivity contribution is 6.22. The van der Waals surface area contributed by atoms with E-state index in [0.717, 1.165) is 17.0 Å². The van der Waals surface area contributed by atoms with Gasteiger partial charge in [-0.25, -0.2) is 9.37 Å². The van der Waals surface area contributed by atoms with Gasteiger partial charge in [0.05, 0.1) is 31.6 Å². The van der Waals surface area contributed by atoms with Gasteiger partial charge in [-0.3, -0.25) is 4.79 Å². The van der Waals surface area contributed by atoms with Gasteiger partial charge in [-0.1, -0.05) is 18.2 Å². The number of para-hydroxylation sites is 1. The van der Waals surface area contributed by atoms with Crippen LogP contribution in [0.3, 0.4) is 0 Å². The SMILES string of the molecule is BCC(=O)N1Cc2nc(-c3ccccc3OC)cn2Cc2c(F)cccc21. The minimum absolute atomic E-state index is 0.0582. The Labute approximate surface area is 157 Å². The Morgan fingerprint density at radius 3 is 2.81 bits per heavy atom. The van der Waals surface area contributed by atoms with Crippen molar-refractivity contribution in [2.45, 2.75) is 19.4 Å². The molecule has 1 aliphatic heterocycles. The van der Waals surface area contributed by atoms with Crippen LogP contribution in [0.1, 0.15) is 11.4 Å². The first kappa shape index (κ1) is 17.3. The third kappa shape index (κ3) is 2.99. The third-order valence-corrected chi connectivity index (χ3v) is 4.86. The van der Waals surface area contributed by atoms with Crippen molar-refractivity contribution in [3.05, 3.63) is 65.9 Å². The molecule has 5 nitrogen and oxygen atoms in total. The summed E-state index contributed by atoms with van der Waals surface area (Å²) in [4.78, 5) is 18.9. The van der Waals surface area contributed by atoms with Gasteiger partial charge in [0.15, 0.2) is 0 Å². The van der Waals surface area contributed by atoms with Gasteiger partial charge in [0.1, 0.15) is 25.2 Å². The largest absolute Gasteiger partial charge is 0.496 e. The molecule has 0 aliphatic carbocycles. The van der Waals surface area contributed by atoms with Crippen molar-refractivity contribution in [3.8, 4) is 17.0 Å². The topological polar surface area (TPSA) is 47.4 Å². The molecule has 0 spiro atoms. The van der Waals surface area contributed by atoms with Gasteiger partial charge in [0.2, 0.25) is 5.91 Å². The summed E-state index contributed by atoms with van der Waals surface area (Å²) < 4.78 is 21.9. The molecule has 1 aromatic heterocycles. The van der Waals surface area contributed by atoms with Crippen LogP contribution in [-0.4, -0.2) is 30.4 Å². The quantitative estimate of drug-likeness (QED) is 0.673. The molecule has 0 unspecified atom stereocenters. The third-order valence-electron chi connectivity index (χ3n) is 4.86. The number of hydrogen-bond donors (Lipinski definition) is 0. The Morgan fingerprint density at radius 1 is 1.22 bits per heavy atom. The highest BCUT2D eigenvalue weighted by Gasteiger charge is 2.26. The van der Waals surface area contributed by atoms with E-state index >= 15 is 0 Å². The van der Waals surface area contributed by atoms with Crippen LogP contribution >= 0.6 is 0 Å². The average molecular weight is 363 g/mol. The summed E-state index contributed by atoms with van der Waals surface area (Å²) in [6.45, 7) is 0.630. The van der Waals surface area contributed by atoms with E-state index in [0.29, 0.717) is 36.5 Å². The zero-order valence-electron chi connectivity index (χ0n) is 15.3. The number of hydrogen-bond acceptors (Lipinski definition) is 3. The zero-order chi connectivity index (χ0) is 19.0. The summed E-state index contributed by atoms with van der Waals surface area (Å²) in [5.74, 6) is 1.06. The molecule has 4 rings (SSSR count). The lowest BCUT2D eigenvalue weighted by Gasteiger charge is -2.22. The van der Waals surface area contributed by atoms with Crippen molar-refractivity contribution in [3.63, 3.8) is 0 Å². The standard InChI is InChI=1S/C20H19BFN3O2/c1-27-18-8-3-2-5-13(18)16-11-24-10-14-15(22)6-4-7-17(14)25(20(26)9-21)12-19(24)23-16/h2-8,11H,9-10,12,21H2,1H3. The molecule has 1 aliphatic rings. The van der Waals surface area contributed by atoms with E-state index in [1.54, 1.807) is 32.0 Å². The first-order valence-electron chi connectivity index (χ1n) is 8.89. The maximum Gasteiger partial charge on any atom is 0.219 e. The Hall–Kier alpha value is -3.09. The fourth-order valence-corrected chi connectivity index (χ4v) is 3.47. The van der Waals surface area contributed by atoms with Crippen LogP contribution < -0.4 is 9.64 Å². The van der Waals surface area contributed by atoms with E-state index < -0.39 is 0 Å². The summed E-state index contributed by atoms with van der Waals surface area (Å²) >= 11 is 0. The minimum Gasteiger partial charge on any atom is -0.496 e. The van der Waals surface area contributed by atoms with Crippen LogP contribution in [0.5, 0.6) is 5.75 Å². The van der Waals surface area contributed by atoms with Crippen LogP contribution in [-0.2, 0) is 17.9 Å². The number of halogens is 1. The number of carbonyl (C=O) groups is 1. The van der Waals surface area contributed by atoms with Crippen LogP contribution in [0, 0.1) is 5.82 Å². The molecule has 2 heterocycles. The van der Waals surface area contributed by atoms with E-state index in [1.165, 1.54) is 6.07 Å². The molecular weight excluding hydrogens is 344 g/mol. The number of amides is 1. The summed E-state index contributed by atoms with van der Waals surface area (Å²) in [7, 11) is 3.42. The predicted octanol–water partition coefficient (Wildman–Crippen LogP) is 2.64. The number of carbonyl (C=O) groups excluding carboxylic acids is 1. The Kier molecular flexibility index (Phi) is 4.43. The van der Waals surface area contributed by atoms with E-state index in [-0.39, 0.29) is 11.7 Å². The van der Waals surface area contributed by atoms with Crippen LogP contribution in [0.2, 0.25) is 6.32 Å². The Bertz CT molecular complexity index is 1020. The molecule has 1 amide bonds. The number of anilines is 1. The normalized spacial score (nSPS) is 12.9. The molecule has 0 bridgehead atoms. The first-order chi connectivity index (χ1) is 13.1. The predicted molar refractivity (Wildman–Crippen MR) is 104 cm³/mol. The summed E-state index contributed by atoms with van der Waals surface area (Å²) in [5, 5.41) is 0. The van der Waals surface area contributed by atoms with Crippen molar-refractivity contribution in [1.29, 1.82) is 0 Å². The molecular formula is C20H19BFN3O2. The number of fused-ring (bicyclic) bond motifs is 2. The van der Waals surface area contributed by atoms with Gasteiger partial charge >= 0.3 is 0 Å². The zero-order valence-corrected chi connectivity index (χ0v) is 15.3. The molecule has 27 heavy (non-hydrogen) atoms. The lowest BCUT2D eigenvalue weighted by Crippen LogP contribution is -2.30. The van der Waals surface area contributed by atoms with Crippen molar-refractivity contribution in [1.82, 2.24) is 9.55 Å². The number of nitrogens with zero attached hydrogens (tertiary/aromatic N) is 3. The molecule has 0 saturated heterocycles. The second-order valence-electron chi connectivity index (χ2n) is 6.44. The van der Waals surface area contributed by atoms with E-state index in [4.69, 9.17) is 9.72 Å². The lowest BCUT2D eigenvalue weighted by molar-refractivity contribution is -0.116. The van der Waals surface area contributed by atoms with Crippen molar-refractivity contribution < 1.29 is 13.9 Å². The Balaban J connectivity index is 1.84.